The largest absolute Gasteiger partial charge is 0.289 e. The highest BCUT2D eigenvalue weighted by molar-refractivity contribution is 5.77. The van der Waals surface area contributed by atoms with Crippen molar-refractivity contribution in [1.82, 2.24) is 0 Å². The monoisotopic (exact) mass is 334 g/mol. The van der Waals surface area contributed by atoms with Gasteiger partial charge < -0.3 is 0 Å². The molecule has 1 aromatic carbocycles. The zero-order valence-electron chi connectivity index (χ0n) is 15.0. The van der Waals surface area contributed by atoms with E-state index in [9.17, 15) is 5.26 Å². The van der Waals surface area contributed by atoms with E-state index in [0.717, 1.165) is 24.0 Å². The molecular weight excluding hydrogens is 306 g/mol. The standard InChI is InChI=1S/C22H27N3/c23-16-19-21(17-12-8-7-9-13-17)18-14-10-5-3-1-2-4-6-11-15-20(18)25-22(19)24/h7-9,12-13H,1-6,10-11,14-15H2,(H2,24,25)/p+1. The molecule has 1 aliphatic rings. The first kappa shape index (κ1) is 17.5. The number of nitrogens with zero attached hydrogens (tertiary/aromatic N) is 1. The maximum atomic E-state index is 9.72. The number of hydrogen-bond acceptors (Lipinski definition) is 2. The number of hydrogen-bond donors (Lipinski definition) is 1. The number of benzene rings is 1. The lowest BCUT2D eigenvalue weighted by molar-refractivity contribution is -0.374. The van der Waals surface area contributed by atoms with Crippen LogP contribution in [0.3, 0.4) is 0 Å². The van der Waals surface area contributed by atoms with Gasteiger partial charge in [0, 0.05) is 17.5 Å². The number of nitrogens with two attached hydrogens (primary N) is 1. The summed E-state index contributed by atoms with van der Waals surface area (Å²) in [6.07, 6.45) is 12.3. The van der Waals surface area contributed by atoms with E-state index in [4.69, 9.17) is 5.73 Å². The van der Waals surface area contributed by atoms with Gasteiger partial charge in [-0.3, -0.25) is 5.73 Å². The summed E-state index contributed by atoms with van der Waals surface area (Å²) in [5, 5.41) is 9.72. The lowest BCUT2D eigenvalue weighted by Gasteiger charge is -2.16. The molecule has 1 aromatic heterocycles. The molecule has 25 heavy (non-hydrogen) atoms. The molecule has 3 nitrogen and oxygen atoms in total. The second-order valence-electron chi connectivity index (χ2n) is 7.05. The van der Waals surface area contributed by atoms with Crippen molar-refractivity contribution in [2.24, 2.45) is 0 Å². The maximum Gasteiger partial charge on any atom is 0.289 e. The number of H-pyrrole nitrogens is 1. The Balaban J connectivity index is 2.09. The van der Waals surface area contributed by atoms with Gasteiger partial charge in [0.05, 0.1) is 0 Å². The average molecular weight is 334 g/mol. The van der Waals surface area contributed by atoms with E-state index < -0.39 is 0 Å². The van der Waals surface area contributed by atoms with Gasteiger partial charge in [0.2, 0.25) is 0 Å². The Labute approximate surface area is 150 Å². The van der Waals surface area contributed by atoms with E-state index in [1.807, 2.05) is 18.2 Å². The highest BCUT2D eigenvalue weighted by Gasteiger charge is 2.22. The Kier molecular flexibility index (Phi) is 6.06. The number of nitrogen functional groups attached to an aromatic ring is 1. The Hall–Kier alpha value is -2.34. The van der Waals surface area contributed by atoms with Crippen molar-refractivity contribution in [3.05, 3.63) is 47.2 Å². The van der Waals surface area contributed by atoms with Crippen molar-refractivity contribution in [3.63, 3.8) is 0 Å². The molecule has 0 atom stereocenters. The number of aryl methyl sites for hydroxylation is 1. The Morgan fingerprint density at radius 2 is 1.44 bits per heavy atom. The van der Waals surface area contributed by atoms with Crippen LogP contribution in [0.5, 0.6) is 0 Å². The van der Waals surface area contributed by atoms with E-state index >= 15 is 0 Å². The molecule has 1 aliphatic carbocycles. The van der Waals surface area contributed by atoms with Gasteiger partial charge in [-0.25, -0.2) is 4.98 Å². The van der Waals surface area contributed by atoms with Gasteiger partial charge in [-0.15, -0.1) is 0 Å². The molecule has 2 aromatic rings. The van der Waals surface area contributed by atoms with Crippen molar-refractivity contribution in [2.45, 2.75) is 64.2 Å². The predicted molar refractivity (Wildman–Crippen MR) is 102 cm³/mol. The topological polar surface area (TPSA) is 64.0 Å². The number of nitriles is 1. The Morgan fingerprint density at radius 3 is 2.08 bits per heavy atom. The third-order valence-corrected chi connectivity index (χ3v) is 5.25. The van der Waals surface area contributed by atoms with Gasteiger partial charge in [-0.05, 0) is 24.8 Å². The molecule has 0 fully saturated rings. The Bertz CT molecular complexity index is 744. The van der Waals surface area contributed by atoms with Crippen molar-refractivity contribution in [3.8, 4) is 17.2 Å². The highest BCUT2D eigenvalue weighted by atomic mass is 14.9. The molecule has 0 spiro atoms. The summed E-state index contributed by atoms with van der Waals surface area (Å²) in [5.41, 5.74) is 11.5. The van der Waals surface area contributed by atoms with E-state index in [0.29, 0.717) is 11.4 Å². The van der Waals surface area contributed by atoms with Crippen LogP contribution in [0.25, 0.3) is 11.1 Å². The quantitative estimate of drug-likeness (QED) is 0.811. The average Bonchev–Trinajstić information content (AvgIpc) is 2.63. The fourth-order valence-electron chi connectivity index (χ4n) is 3.93. The predicted octanol–water partition coefficient (Wildman–Crippen LogP) is 4.84. The number of fused-ring (bicyclic) bond motifs is 1. The SMILES string of the molecule is N#Cc1c(N)[nH+]c2c(c1-c1ccccc1)CCCCCCCCCC2. The molecule has 0 saturated heterocycles. The molecule has 0 bridgehead atoms. The van der Waals surface area contributed by atoms with Gasteiger partial charge in [-0.2, -0.15) is 5.26 Å². The minimum atomic E-state index is 0.507. The number of aromatic nitrogens is 1. The van der Waals surface area contributed by atoms with Gasteiger partial charge in [-0.1, -0.05) is 68.9 Å². The van der Waals surface area contributed by atoms with E-state index in [2.05, 4.69) is 23.2 Å². The molecule has 1 heterocycles. The fourth-order valence-corrected chi connectivity index (χ4v) is 3.93. The number of aromatic amines is 1. The highest BCUT2D eigenvalue weighted by Crippen LogP contribution is 2.32. The number of pyridine rings is 1. The van der Waals surface area contributed by atoms with Crippen LogP contribution in [0.4, 0.5) is 5.82 Å². The van der Waals surface area contributed by atoms with Crippen LogP contribution in [0.15, 0.2) is 30.3 Å². The number of anilines is 1. The second-order valence-corrected chi connectivity index (χ2v) is 7.05. The van der Waals surface area contributed by atoms with Crippen molar-refractivity contribution >= 4 is 5.82 Å². The molecule has 0 saturated carbocycles. The summed E-state index contributed by atoms with van der Waals surface area (Å²) >= 11 is 0. The molecule has 0 radical (unpaired) electrons. The van der Waals surface area contributed by atoms with Crippen LogP contribution in [0.1, 0.15) is 68.2 Å². The van der Waals surface area contributed by atoms with Crippen LogP contribution in [0, 0.1) is 11.3 Å². The molecule has 3 N–H and O–H groups in total. The lowest BCUT2D eigenvalue weighted by atomic mass is 9.89. The van der Waals surface area contributed by atoms with E-state index in [1.54, 1.807) is 0 Å². The summed E-state index contributed by atoms with van der Waals surface area (Å²) in [4.78, 5) is 3.36. The van der Waals surface area contributed by atoms with Crippen LogP contribution >= 0.6 is 0 Å². The Morgan fingerprint density at radius 1 is 0.840 bits per heavy atom. The molecule has 0 unspecified atom stereocenters. The first-order valence-electron chi connectivity index (χ1n) is 9.63. The van der Waals surface area contributed by atoms with Gasteiger partial charge in [0.1, 0.15) is 17.3 Å². The third kappa shape index (κ3) is 4.20. The summed E-state index contributed by atoms with van der Waals surface area (Å²) < 4.78 is 0. The molecular formula is C22H28N3+. The van der Waals surface area contributed by atoms with Gasteiger partial charge in [0.15, 0.2) is 0 Å². The molecule has 0 amide bonds. The maximum absolute atomic E-state index is 9.72. The van der Waals surface area contributed by atoms with Crippen LogP contribution in [-0.2, 0) is 12.8 Å². The molecule has 130 valence electrons. The minimum Gasteiger partial charge on any atom is -0.286 e. The molecule has 3 rings (SSSR count). The van der Waals surface area contributed by atoms with Gasteiger partial charge >= 0.3 is 0 Å². The summed E-state index contributed by atoms with van der Waals surface area (Å²) in [5.74, 6) is 0.507. The summed E-state index contributed by atoms with van der Waals surface area (Å²) in [7, 11) is 0. The van der Waals surface area contributed by atoms with E-state index in [-0.39, 0.29) is 0 Å². The summed E-state index contributed by atoms with van der Waals surface area (Å²) in [6.45, 7) is 0. The molecule has 3 heteroatoms. The van der Waals surface area contributed by atoms with Crippen LogP contribution < -0.4 is 10.7 Å². The summed E-state index contributed by atoms with van der Waals surface area (Å²) in [6, 6.07) is 12.6. The number of nitrogens with one attached hydrogen (secondary N) is 1. The van der Waals surface area contributed by atoms with Crippen molar-refractivity contribution in [2.75, 3.05) is 5.73 Å². The lowest BCUT2D eigenvalue weighted by Crippen LogP contribution is -2.22. The first-order valence-corrected chi connectivity index (χ1v) is 9.63. The zero-order chi connectivity index (χ0) is 17.5. The van der Waals surface area contributed by atoms with E-state index in [1.165, 1.54) is 62.6 Å². The third-order valence-electron chi connectivity index (χ3n) is 5.25. The first-order chi connectivity index (χ1) is 12.3. The second kappa shape index (κ2) is 8.67. The molecule has 0 aliphatic heterocycles. The van der Waals surface area contributed by atoms with Crippen LogP contribution in [-0.4, -0.2) is 0 Å². The normalized spacial score (nSPS) is 16.1. The van der Waals surface area contributed by atoms with Crippen molar-refractivity contribution < 1.29 is 4.98 Å². The number of rotatable bonds is 1. The van der Waals surface area contributed by atoms with Crippen LogP contribution in [0.2, 0.25) is 0 Å². The minimum absolute atomic E-state index is 0.507. The van der Waals surface area contributed by atoms with Crippen molar-refractivity contribution in [1.29, 1.82) is 5.26 Å². The zero-order valence-corrected chi connectivity index (χ0v) is 15.0. The smallest absolute Gasteiger partial charge is 0.286 e. The fraction of sp³-hybridized carbons (Fsp3) is 0.455. The van der Waals surface area contributed by atoms with Gasteiger partial charge in [0.25, 0.3) is 5.82 Å².